The Morgan fingerprint density at radius 3 is 2.30 bits per heavy atom. The molecule has 0 aromatic heterocycles. The maximum Gasteiger partial charge on any atom is 0.224 e. The fourth-order valence-electron chi connectivity index (χ4n) is 2.33. The summed E-state index contributed by atoms with van der Waals surface area (Å²) in [6.45, 7) is 1.78. The second-order valence-corrected chi connectivity index (χ2v) is 5.74. The van der Waals surface area contributed by atoms with E-state index in [9.17, 15) is 9.59 Å². The number of hydrogen-bond acceptors (Lipinski definition) is 5. The Bertz CT molecular complexity index is 841. The van der Waals surface area contributed by atoms with Crippen LogP contribution in [0.4, 0.5) is 11.4 Å². The van der Waals surface area contributed by atoms with Gasteiger partial charge in [0.25, 0.3) is 0 Å². The minimum absolute atomic E-state index is 0.127. The van der Waals surface area contributed by atoms with Gasteiger partial charge in [0.1, 0.15) is 0 Å². The fourth-order valence-corrected chi connectivity index (χ4v) is 2.33. The van der Waals surface area contributed by atoms with Crippen LogP contribution in [0.25, 0.3) is 0 Å². The van der Waals surface area contributed by atoms with Gasteiger partial charge in [-0.15, -0.1) is 0 Å². The molecule has 7 heteroatoms. The Hall–Kier alpha value is -3.53. The molecule has 0 spiro atoms. The lowest BCUT2D eigenvalue weighted by molar-refractivity contribution is -0.116. The Kier molecular flexibility index (Phi) is 7.20. The predicted octanol–water partition coefficient (Wildman–Crippen LogP) is 3.32. The monoisotopic (exact) mass is 367 g/mol. The number of nitrogens with one attached hydrogen (secondary N) is 2. The number of benzene rings is 2. The highest BCUT2D eigenvalue weighted by atomic mass is 16.5. The van der Waals surface area contributed by atoms with Crippen molar-refractivity contribution in [3.63, 3.8) is 0 Å². The summed E-state index contributed by atoms with van der Waals surface area (Å²) in [6.07, 6.45) is 0.824. The van der Waals surface area contributed by atoms with E-state index in [1.54, 1.807) is 42.5 Å². The molecule has 0 heterocycles. The van der Waals surface area contributed by atoms with E-state index in [0.717, 1.165) is 0 Å². The Morgan fingerprint density at radius 2 is 1.70 bits per heavy atom. The normalized spacial score (nSPS) is 9.81. The molecule has 0 atom stereocenters. The van der Waals surface area contributed by atoms with Gasteiger partial charge in [0.2, 0.25) is 11.8 Å². The highest BCUT2D eigenvalue weighted by molar-refractivity contribution is 5.92. The van der Waals surface area contributed by atoms with Gasteiger partial charge in [-0.2, -0.15) is 5.26 Å². The number of rotatable bonds is 8. The molecule has 2 N–H and O–H groups in total. The number of nitriles is 1. The second kappa shape index (κ2) is 9.82. The highest BCUT2D eigenvalue weighted by Crippen LogP contribution is 2.28. The van der Waals surface area contributed by atoms with Crippen LogP contribution >= 0.6 is 0 Å². The molecule has 7 nitrogen and oxygen atoms in total. The highest BCUT2D eigenvalue weighted by Gasteiger charge is 2.07. The van der Waals surface area contributed by atoms with Gasteiger partial charge in [0.05, 0.1) is 25.3 Å². The van der Waals surface area contributed by atoms with Crippen molar-refractivity contribution in [1.29, 1.82) is 5.26 Å². The third-order valence-electron chi connectivity index (χ3n) is 3.59. The summed E-state index contributed by atoms with van der Waals surface area (Å²) in [6, 6.07) is 13.9. The summed E-state index contributed by atoms with van der Waals surface area (Å²) in [5.74, 6) is 0.742. The van der Waals surface area contributed by atoms with E-state index in [1.807, 2.05) is 6.07 Å². The fraction of sp³-hybridized carbons (Fsp3) is 0.250. The van der Waals surface area contributed by atoms with Gasteiger partial charge in [0, 0.05) is 30.8 Å². The molecule has 2 aromatic carbocycles. The molecule has 0 aliphatic rings. The first-order valence-corrected chi connectivity index (χ1v) is 8.40. The zero-order chi connectivity index (χ0) is 19.6. The van der Waals surface area contributed by atoms with Crippen molar-refractivity contribution >= 4 is 23.2 Å². The van der Waals surface area contributed by atoms with E-state index in [2.05, 4.69) is 10.6 Å². The van der Waals surface area contributed by atoms with Gasteiger partial charge in [0.15, 0.2) is 11.5 Å². The third kappa shape index (κ3) is 6.36. The van der Waals surface area contributed by atoms with Crippen molar-refractivity contribution in [2.24, 2.45) is 0 Å². The number of carbonyl (C=O) groups is 2. The van der Waals surface area contributed by atoms with Gasteiger partial charge in [-0.1, -0.05) is 0 Å². The van der Waals surface area contributed by atoms with Gasteiger partial charge >= 0.3 is 0 Å². The van der Waals surface area contributed by atoms with E-state index in [1.165, 1.54) is 14.0 Å². The Morgan fingerprint density at radius 1 is 1.04 bits per heavy atom. The Balaban J connectivity index is 1.76. The minimum atomic E-state index is -0.148. The van der Waals surface area contributed by atoms with Crippen LogP contribution in [0.1, 0.15) is 25.3 Å². The summed E-state index contributed by atoms with van der Waals surface area (Å²) in [5.41, 5.74) is 1.82. The van der Waals surface area contributed by atoms with Crippen molar-refractivity contribution in [1.82, 2.24) is 0 Å². The first kappa shape index (κ1) is 19.8. The van der Waals surface area contributed by atoms with Crippen LogP contribution in [0.2, 0.25) is 0 Å². The van der Waals surface area contributed by atoms with Crippen molar-refractivity contribution < 1.29 is 19.1 Å². The van der Waals surface area contributed by atoms with Gasteiger partial charge < -0.3 is 20.1 Å². The summed E-state index contributed by atoms with van der Waals surface area (Å²) in [5, 5.41) is 14.3. The van der Waals surface area contributed by atoms with E-state index in [0.29, 0.717) is 47.9 Å². The maximum absolute atomic E-state index is 12.0. The molecule has 0 aliphatic heterocycles. The molecular weight excluding hydrogens is 346 g/mol. The van der Waals surface area contributed by atoms with Crippen LogP contribution in [0.3, 0.4) is 0 Å². The molecule has 0 radical (unpaired) electrons. The largest absolute Gasteiger partial charge is 0.493 e. The lowest BCUT2D eigenvalue weighted by Crippen LogP contribution is -2.13. The van der Waals surface area contributed by atoms with Crippen molar-refractivity contribution in [3.8, 4) is 17.6 Å². The number of methoxy groups -OCH3 is 1. The van der Waals surface area contributed by atoms with E-state index in [-0.39, 0.29) is 11.8 Å². The second-order valence-electron chi connectivity index (χ2n) is 5.74. The Labute approximate surface area is 157 Å². The molecule has 2 rings (SSSR count). The maximum atomic E-state index is 12.0. The van der Waals surface area contributed by atoms with Gasteiger partial charge in [-0.05, 0) is 42.8 Å². The molecule has 0 unspecified atom stereocenters. The zero-order valence-corrected chi connectivity index (χ0v) is 15.2. The first-order valence-electron chi connectivity index (χ1n) is 8.40. The minimum Gasteiger partial charge on any atom is -0.493 e. The molecular formula is C20H21N3O4. The average Bonchev–Trinajstić information content (AvgIpc) is 2.66. The summed E-state index contributed by atoms with van der Waals surface area (Å²) < 4.78 is 10.8. The van der Waals surface area contributed by atoms with Crippen molar-refractivity contribution in [3.05, 3.63) is 48.0 Å². The van der Waals surface area contributed by atoms with Crippen LogP contribution < -0.4 is 20.1 Å². The summed E-state index contributed by atoms with van der Waals surface area (Å²) >= 11 is 0. The van der Waals surface area contributed by atoms with Crippen LogP contribution in [0.5, 0.6) is 11.5 Å². The van der Waals surface area contributed by atoms with Crippen molar-refractivity contribution in [2.75, 3.05) is 24.4 Å². The first-order chi connectivity index (χ1) is 13.0. The van der Waals surface area contributed by atoms with Gasteiger partial charge in [-0.3, -0.25) is 9.59 Å². The number of nitrogens with zero attached hydrogens (tertiary/aromatic N) is 1. The molecule has 2 aromatic rings. The molecule has 0 saturated carbocycles. The topological polar surface area (TPSA) is 100 Å². The van der Waals surface area contributed by atoms with Crippen LogP contribution in [-0.4, -0.2) is 25.5 Å². The van der Waals surface area contributed by atoms with Gasteiger partial charge in [-0.25, -0.2) is 0 Å². The average molecular weight is 367 g/mol. The van der Waals surface area contributed by atoms with Crippen molar-refractivity contribution in [2.45, 2.75) is 19.8 Å². The van der Waals surface area contributed by atoms with Crippen LogP contribution in [0.15, 0.2) is 42.5 Å². The third-order valence-corrected chi connectivity index (χ3v) is 3.59. The van der Waals surface area contributed by atoms with Crippen LogP contribution in [0, 0.1) is 11.3 Å². The molecule has 140 valence electrons. The number of carbonyl (C=O) groups excluding carboxylic acids is 2. The van der Waals surface area contributed by atoms with E-state index in [4.69, 9.17) is 14.7 Å². The molecule has 0 fully saturated rings. The number of amides is 2. The number of anilines is 2. The predicted molar refractivity (Wildman–Crippen MR) is 102 cm³/mol. The SMILES string of the molecule is COc1cc(C#N)ccc1OCCCC(=O)Nc1ccc(NC(C)=O)cc1. The molecule has 27 heavy (non-hydrogen) atoms. The molecule has 0 aliphatic carbocycles. The number of hydrogen-bond donors (Lipinski definition) is 2. The molecule has 2 amide bonds. The van der Waals surface area contributed by atoms with E-state index >= 15 is 0 Å². The number of ether oxygens (including phenoxy) is 2. The molecule has 0 bridgehead atoms. The lowest BCUT2D eigenvalue weighted by atomic mass is 10.2. The smallest absolute Gasteiger partial charge is 0.224 e. The lowest BCUT2D eigenvalue weighted by Gasteiger charge is -2.11. The standard InChI is InChI=1S/C20H21N3O4/c1-14(24)22-16-6-8-17(9-7-16)23-20(25)4-3-11-27-18-10-5-15(13-21)12-19(18)26-2/h5-10,12H,3-4,11H2,1-2H3,(H,22,24)(H,23,25). The molecule has 0 saturated heterocycles. The zero-order valence-electron chi connectivity index (χ0n) is 15.2. The van der Waals surface area contributed by atoms with Crippen LogP contribution in [-0.2, 0) is 9.59 Å². The summed E-state index contributed by atoms with van der Waals surface area (Å²) in [7, 11) is 1.51. The summed E-state index contributed by atoms with van der Waals surface area (Å²) in [4.78, 5) is 23.0. The van der Waals surface area contributed by atoms with E-state index < -0.39 is 0 Å². The quantitative estimate of drug-likeness (QED) is 0.697.